The predicted octanol–water partition coefficient (Wildman–Crippen LogP) is 2.25. The summed E-state index contributed by atoms with van der Waals surface area (Å²) in [5.41, 5.74) is 5.83. The molecular formula is C13H30N2O2Si. The molecule has 0 radical (unpaired) electrons. The fourth-order valence-electron chi connectivity index (χ4n) is 1.18. The van der Waals surface area contributed by atoms with Gasteiger partial charge in [-0.05, 0) is 38.4 Å². The van der Waals surface area contributed by atoms with Crippen LogP contribution in [0.25, 0.3) is 0 Å². The van der Waals surface area contributed by atoms with Gasteiger partial charge >= 0.3 is 0 Å². The summed E-state index contributed by atoms with van der Waals surface area (Å²) in [5.74, 6) is -0.0937. The molecule has 0 saturated heterocycles. The van der Waals surface area contributed by atoms with Gasteiger partial charge in [-0.1, -0.05) is 20.8 Å². The third-order valence-electron chi connectivity index (χ3n) is 3.47. The third kappa shape index (κ3) is 5.98. The molecule has 0 aromatic heterocycles. The van der Waals surface area contributed by atoms with Gasteiger partial charge in [0.1, 0.15) is 0 Å². The summed E-state index contributed by atoms with van der Waals surface area (Å²) >= 11 is 0. The summed E-state index contributed by atoms with van der Waals surface area (Å²) in [7, 11) is -1.73. The predicted molar refractivity (Wildman–Crippen MR) is 79.0 cm³/mol. The molecule has 3 N–H and O–H groups in total. The van der Waals surface area contributed by atoms with E-state index < -0.39 is 14.4 Å². The van der Waals surface area contributed by atoms with Gasteiger partial charge in [0.15, 0.2) is 8.32 Å². The van der Waals surface area contributed by atoms with Gasteiger partial charge in [0.25, 0.3) is 0 Å². The molecule has 0 aromatic carbocycles. The molecule has 0 spiro atoms. The Hall–Kier alpha value is -0.393. The van der Waals surface area contributed by atoms with Crippen molar-refractivity contribution in [2.75, 3.05) is 6.61 Å². The first-order valence-corrected chi connectivity index (χ1v) is 9.58. The van der Waals surface area contributed by atoms with E-state index in [2.05, 4.69) is 39.2 Å². The van der Waals surface area contributed by atoms with E-state index in [9.17, 15) is 4.79 Å². The Kier molecular flexibility index (Phi) is 6.53. The number of rotatable bonds is 6. The SMILES string of the molecule is CC(C)NC(=O)[C@@H](N)CCO[Si](C)(C)C(C)(C)C. The maximum absolute atomic E-state index is 11.6. The van der Waals surface area contributed by atoms with Crippen LogP contribution in [0.15, 0.2) is 0 Å². The minimum atomic E-state index is -1.73. The second kappa shape index (κ2) is 6.68. The average molecular weight is 274 g/mol. The lowest BCUT2D eigenvalue weighted by Crippen LogP contribution is -2.46. The van der Waals surface area contributed by atoms with Gasteiger partial charge in [0.2, 0.25) is 5.91 Å². The van der Waals surface area contributed by atoms with Crippen molar-refractivity contribution in [3.8, 4) is 0 Å². The normalized spacial score (nSPS) is 14.7. The number of amides is 1. The maximum Gasteiger partial charge on any atom is 0.237 e. The van der Waals surface area contributed by atoms with Crippen LogP contribution in [0.2, 0.25) is 18.1 Å². The molecule has 0 fully saturated rings. The number of carbonyl (C=O) groups excluding carboxylic acids is 1. The van der Waals surface area contributed by atoms with Crippen molar-refractivity contribution in [1.82, 2.24) is 5.32 Å². The first-order valence-electron chi connectivity index (χ1n) is 6.67. The Morgan fingerprint density at radius 2 is 1.83 bits per heavy atom. The second-order valence-corrected chi connectivity index (χ2v) is 11.5. The summed E-state index contributed by atoms with van der Waals surface area (Å²) in [6, 6.07) is -0.345. The minimum absolute atomic E-state index is 0.0937. The first kappa shape index (κ1) is 17.6. The van der Waals surface area contributed by atoms with Gasteiger partial charge in [-0.2, -0.15) is 0 Å². The molecule has 4 nitrogen and oxygen atoms in total. The molecule has 108 valence electrons. The molecule has 0 aliphatic heterocycles. The van der Waals surface area contributed by atoms with Gasteiger partial charge in [0, 0.05) is 12.6 Å². The highest BCUT2D eigenvalue weighted by Crippen LogP contribution is 2.36. The van der Waals surface area contributed by atoms with E-state index in [1.165, 1.54) is 0 Å². The molecule has 5 heteroatoms. The molecule has 0 aliphatic carbocycles. The topological polar surface area (TPSA) is 64.4 Å². The Morgan fingerprint density at radius 1 is 1.33 bits per heavy atom. The van der Waals surface area contributed by atoms with E-state index in [-0.39, 0.29) is 17.0 Å². The molecule has 0 bridgehead atoms. The number of nitrogens with two attached hydrogens (primary N) is 1. The van der Waals surface area contributed by atoms with E-state index in [4.69, 9.17) is 10.2 Å². The molecule has 0 saturated carbocycles. The van der Waals surface area contributed by atoms with E-state index in [1.807, 2.05) is 13.8 Å². The Balaban J connectivity index is 4.09. The van der Waals surface area contributed by atoms with E-state index in [0.717, 1.165) is 0 Å². The lowest BCUT2D eigenvalue weighted by Gasteiger charge is -2.36. The van der Waals surface area contributed by atoms with Crippen molar-refractivity contribution in [3.05, 3.63) is 0 Å². The molecule has 0 aliphatic rings. The van der Waals surface area contributed by atoms with Crippen LogP contribution >= 0.6 is 0 Å². The summed E-state index contributed by atoms with van der Waals surface area (Å²) in [6.45, 7) is 15.4. The van der Waals surface area contributed by atoms with Crippen LogP contribution in [0.4, 0.5) is 0 Å². The van der Waals surface area contributed by atoms with E-state index in [0.29, 0.717) is 13.0 Å². The van der Waals surface area contributed by atoms with E-state index >= 15 is 0 Å². The monoisotopic (exact) mass is 274 g/mol. The summed E-state index contributed by atoms with van der Waals surface area (Å²) in [5, 5.41) is 3.00. The lowest BCUT2D eigenvalue weighted by molar-refractivity contribution is -0.123. The second-order valence-electron chi connectivity index (χ2n) is 6.67. The Bertz CT molecular complexity index is 273. The Morgan fingerprint density at radius 3 is 2.22 bits per heavy atom. The zero-order chi connectivity index (χ0) is 14.6. The zero-order valence-corrected chi connectivity index (χ0v) is 14.0. The average Bonchev–Trinajstić information content (AvgIpc) is 2.14. The largest absolute Gasteiger partial charge is 0.417 e. The number of hydrogen-bond acceptors (Lipinski definition) is 3. The van der Waals surface area contributed by atoms with Crippen LogP contribution < -0.4 is 11.1 Å². The van der Waals surface area contributed by atoms with Crippen molar-refractivity contribution in [3.63, 3.8) is 0 Å². The highest BCUT2D eigenvalue weighted by Gasteiger charge is 2.37. The molecule has 0 aromatic rings. The van der Waals surface area contributed by atoms with Crippen molar-refractivity contribution >= 4 is 14.2 Å². The molecule has 0 rings (SSSR count). The van der Waals surface area contributed by atoms with Crippen LogP contribution in [0.3, 0.4) is 0 Å². The summed E-state index contributed by atoms with van der Waals surface area (Å²) in [6.07, 6.45) is 0.574. The molecule has 18 heavy (non-hydrogen) atoms. The summed E-state index contributed by atoms with van der Waals surface area (Å²) < 4.78 is 6.00. The van der Waals surface area contributed by atoms with Crippen LogP contribution in [0.5, 0.6) is 0 Å². The fraction of sp³-hybridized carbons (Fsp3) is 0.923. The number of carbonyl (C=O) groups is 1. The zero-order valence-electron chi connectivity index (χ0n) is 13.0. The van der Waals surface area contributed by atoms with Gasteiger partial charge in [0.05, 0.1) is 6.04 Å². The van der Waals surface area contributed by atoms with E-state index in [1.54, 1.807) is 0 Å². The molecule has 0 heterocycles. The van der Waals surface area contributed by atoms with Crippen LogP contribution in [0, 0.1) is 0 Å². The van der Waals surface area contributed by atoms with Crippen molar-refractivity contribution in [1.29, 1.82) is 0 Å². The van der Waals surface area contributed by atoms with Gasteiger partial charge in [-0.15, -0.1) is 0 Å². The lowest BCUT2D eigenvalue weighted by atomic mass is 10.2. The Labute approximate surface area is 113 Å². The van der Waals surface area contributed by atoms with Crippen molar-refractivity contribution < 1.29 is 9.22 Å². The van der Waals surface area contributed by atoms with Gasteiger partial charge in [-0.25, -0.2) is 0 Å². The van der Waals surface area contributed by atoms with Crippen LogP contribution in [-0.4, -0.2) is 32.9 Å². The van der Waals surface area contributed by atoms with Crippen molar-refractivity contribution in [2.45, 2.75) is 71.3 Å². The molecule has 0 unspecified atom stereocenters. The minimum Gasteiger partial charge on any atom is -0.417 e. The molecule has 1 amide bonds. The highest BCUT2D eigenvalue weighted by atomic mass is 28.4. The maximum atomic E-state index is 11.6. The molecular weight excluding hydrogens is 244 g/mol. The van der Waals surface area contributed by atoms with Gasteiger partial charge in [-0.3, -0.25) is 4.79 Å². The smallest absolute Gasteiger partial charge is 0.237 e. The standard InChI is InChI=1S/C13H30N2O2Si/c1-10(2)15-12(16)11(14)8-9-17-18(6,7)13(3,4)5/h10-11H,8-9,14H2,1-7H3,(H,15,16)/t11-/m0/s1. The highest BCUT2D eigenvalue weighted by molar-refractivity contribution is 6.74. The summed E-state index contributed by atoms with van der Waals surface area (Å²) in [4.78, 5) is 11.6. The number of hydrogen-bond donors (Lipinski definition) is 2. The number of nitrogens with one attached hydrogen (secondary N) is 1. The quantitative estimate of drug-likeness (QED) is 0.730. The van der Waals surface area contributed by atoms with Crippen LogP contribution in [-0.2, 0) is 9.22 Å². The van der Waals surface area contributed by atoms with Gasteiger partial charge < -0.3 is 15.5 Å². The van der Waals surface area contributed by atoms with Crippen LogP contribution in [0.1, 0.15) is 41.0 Å². The first-order chi connectivity index (χ1) is 7.97. The molecule has 1 atom stereocenters. The third-order valence-corrected chi connectivity index (χ3v) is 8.00. The fourth-order valence-corrected chi connectivity index (χ4v) is 2.24. The van der Waals surface area contributed by atoms with Crippen molar-refractivity contribution in [2.24, 2.45) is 5.73 Å².